The monoisotopic (exact) mass is 721 g/mol. The second-order valence-corrected chi connectivity index (χ2v) is 14.7. The number of halogens is 1. The summed E-state index contributed by atoms with van der Waals surface area (Å²) in [6.45, 7) is 5.03. The smallest absolute Gasteiger partial charge is 0.264 e. The minimum absolute atomic E-state index is 0.0116. The van der Waals surface area contributed by atoms with Crippen LogP contribution in [0, 0.1) is 0 Å². The highest BCUT2D eigenvalue weighted by Gasteiger charge is 2.36. The Labute approximate surface area is 285 Å². The fraction of sp³-hybridized carbons (Fsp3) is 0.278. The number of hydrogen-bond acceptors (Lipinski definition) is 6. The number of anilines is 1. The number of nitrogens with one attached hydrogen (secondary N) is 1. The van der Waals surface area contributed by atoms with Gasteiger partial charge < -0.3 is 19.7 Å². The van der Waals surface area contributed by atoms with E-state index in [4.69, 9.17) is 9.47 Å². The summed E-state index contributed by atoms with van der Waals surface area (Å²) in [5, 5.41) is 3.04. The van der Waals surface area contributed by atoms with Gasteiger partial charge in [0.05, 0.1) is 24.8 Å². The van der Waals surface area contributed by atoms with Gasteiger partial charge in [-0.25, -0.2) is 8.42 Å². The number of carbonyl (C=O) groups excluding carboxylic acids is 2. The first-order valence-corrected chi connectivity index (χ1v) is 17.3. The van der Waals surface area contributed by atoms with Crippen molar-refractivity contribution in [3.8, 4) is 11.5 Å². The Hall–Kier alpha value is -4.35. The molecule has 47 heavy (non-hydrogen) atoms. The van der Waals surface area contributed by atoms with E-state index in [1.165, 1.54) is 37.3 Å². The van der Waals surface area contributed by atoms with E-state index < -0.39 is 34.1 Å². The Balaban J connectivity index is 1.87. The SMILES string of the molecule is COc1ccc(OC)c(N(CC(=O)N(Cc2cccc(Br)c2)C(Cc2ccccc2)C(=O)NC(C)(C)C)S(=O)(=O)c2ccccc2)c1. The summed E-state index contributed by atoms with van der Waals surface area (Å²) >= 11 is 3.50. The van der Waals surface area contributed by atoms with E-state index >= 15 is 0 Å². The third-order valence-corrected chi connectivity index (χ3v) is 9.54. The van der Waals surface area contributed by atoms with E-state index in [0.717, 1.165) is 19.9 Å². The lowest BCUT2D eigenvalue weighted by molar-refractivity contribution is -0.140. The predicted molar refractivity (Wildman–Crippen MR) is 187 cm³/mol. The van der Waals surface area contributed by atoms with E-state index in [0.29, 0.717) is 5.75 Å². The summed E-state index contributed by atoms with van der Waals surface area (Å²) in [6.07, 6.45) is 0.205. The number of ether oxygens (including phenoxy) is 2. The Morgan fingerprint density at radius 1 is 0.830 bits per heavy atom. The molecule has 0 aromatic heterocycles. The van der Waals surface area contributed by atoms with Crippen molar-refractivity contribution in [3.63, 3.8) is 0 Å². The second-order valence-electron chi connectivity index (χ2n) is 12.0. The van der Waals surface area contributed by atoms with Crippen molar-refractivity contribution in [2.45, 2.75) is 50.2 Å². The van der Waals surface area contributed by atoms with Crippen molar-refractivity contribution in [2.24, 2.45) is 0 Å². The summed E-state index contributed by atoms with van der Waals surface area (Å²) in [7, 11) is -1.42. The highest BCUT2D eigenvalue weighted by molar-refractivity contribution is 9.10. The number of amides is 2. The third-order valence-electron chi connectivity index (χ3n) is 7.28. The Kier molecular flexibility index (Phi) is 11.7. The molecule has 0 aliphatic rings. The molecule has 0 aliphatic heterocycles. The van der Waals surface area contributed by atoms with Gasteiger partial charge in [0.2, 0.25) is 11.8 Å². The molecule has 11 heteroatoms. The quantitative estimate of drug-likeness (QED) is 0.176. The number of hydrogen-bond donors (Lipinski definition) is 1. The standard InChI is InChI=1S/C36H40BrN3O6S/c1-36(2,3)38-35(42)32(22-26-13-8-6-9-14-26)39(24-27-15-12-16-28(37)21-27)34(41)25-40(47(43,44)30-17-10-7-11-18-30)31-23-29(45-4)19-20-33(31)46-5/h6-21,23,32H,22,24-25H2,1-5H3,(H,38,42). The van der Waals surface area contributed by atoms with Gasteiger partial charge in [0.15, 0.2) is 0 Å². The fourth-order valence-electron chi connectivity index (χ4n) is 5.06. The van der Waals surface area contributed by atoms with Gasteiger partial charge in [-0.3, -0.25) is 13.9 Å². The van der Waals surface area contributed by atoms with Crippen LogP contribution < -0.4 is 19.1 Å². The van der Waals surface area contributed by atoms with Crippen molar-refractivity contribution in [1.29, 1.82) is 0 Å². The molecule has 4 rings (SSSR count). The normalized spacial score (nSPS) is 12.1. The summed E-state index contributed by atoms with van der Waals surface area (Å²) in [5.74, 6) is -0.345. The van der Waals surface area contributed by atoms with Crippen LogP contribution >= 0.6 is 15.9 Å². The summed E-state index contributed by atoms with van der Waals surface area (Å²) in [5.41, 5.74) is 1.13. The van der Waals surface area contributed by atoms with E-state index in [2.05, 4.69) is 21.2 Å². The molecule has 0 saturated carbocycles. The van der Waals surface area contributed by atoms with Gasteiger partial charge in [-0.05, 0) is 68.3 Å². The average molecular weight is 723 g/mol. The van der Waals surface area contributed by atoms with Crippen LogP contribution in [0.1, 0.15) is 31.9 Å². The zero-order chi connectivity index (χ0) is 34.2. The van der Waals surface area contributed by atoms with E-state index in [-0.39, 0.29) is 35.2 Å². The summed E-state index contributed by atoms with van der Waals surface area (Å²) in [6, 6.07) is 28.5. The minimum Gasteiger partial charge on any atom is -0.497 e. The molecule has 0 fully saturated rings. The number of rotatable bonds is 13. The molecular weight excluding hydrogens is 682 g/mol. The highest BCUT2D eigenvalue weighted by atomic mass is 79.9. The lowest BCUT2D eigenvalue weighted by Crippen LogP contribution is -2.56. The van der Waals surface area contributed by atoms with Crippen molar-refractivity contribution >= 4 is 43.5 Å². The summed E-state index contributed by atoms with van der Waals surface area (Å²) < 4.78 is 41.4. The molecule has 4 aromatic carbocycles. The molecule has 1 N–H and O–H groups in total. The molecule has 0 bridgehead atoms. The average Bonchev–Trinajstić information content (AvgIpc) is 3.04. The van der Waals surface area contributed by atoms with Gasteiger partial charge in [0.1, 0.15) is 24.1 Å². The first-order valence-electron chi connectivity index (χ1n) is 15.0. The number of carbonyl (C=O) groups is 2. The van der Waals surface area contributed by atoms with Gasteiger partial charge in [-0.2, -0.15) is 0 Å². The molecule has 9 nitrogen and oxygen atoms in total. The minimum atomic E-state index is -4.31. The fourth-order valence-corrected chi connectivity index (χ4v) is 6.95. The molecule has 1 atom stereocenters. The Morgan fingerprint density at radius 3 is 2.06 bits per heavy atom. The maximum absolute atomic E-state index is 14.7. The lowest BCUT2D eigenvalue weighted by atomic mass is 10.0. The second kappa shape index (κ2) is 15.5. The molecule has 1 unspecified atom stereocenters. The van der Waals surface area contributed by atoms with Gasteiger partial charge in [0.25, 0.3) is 10.0 Å². The predicted octanol–water partition coefficient (Wildman–Crippen LogP) is 6.22. The van der Waals surface area contributed by atoms with Crippen LogP contribution in [0.2, 0.25) is 0 Å². The Morgan fingerprint density at radius 2 is 1.47 bits per heavy atom. The van der Waals surface area contributed by atoms with Crippen LogP contribution in [0.3, 0.4) is 0 Å². The molecule has 0 aliphatic carbocycles. The van der Waals surface area contributed by atoms with Gasteiger partial charge >= 0.3 is 0 Å². The molecule has 0 radical (unpaired) electrons. The number of benzene rings is 4. The van der Waals surface area contributed by atoms with E-state index in [9.17, 15) is 18.0 Å². The van der Waals surface area contributed by atoms with Crippen LogP contribution in [0.4, 0.5) is 5.69 Å². The molecule has 2 amide bonds. The number of sulfonamides is 1. The van der Waals surface area contributed by atoms with Gasteiger partial charge in [-0.15, -0.1) is 0 Å². The zero-order valence-corrected chi connectivity index (χ0v) is 29.5. The van der Waals surface area contributed by atoms with Crippen LogP contribution in [0.5, 0.6) is 11.5 Å². The van der Waals surface area contributed by atoms with E-state index in [1.807, 2.05) is 75.4 Å². The van der Waals surface area contributed by atoms with Crippen molar-refractivity contribution in [3.05, 3.63) is 119 Å². The molecule has 4 aromatic rings. The van der Waals surface area contributed by atoms with Crippen LogP contribution in [0.25, 0.3) is 0 Å². The first-order chi connectivity index (χ1) is 22.3. The highest BCUT2D eigenvalue weighted by Crippen LogP contribution is 2.36. The van der Waals surface area contributed by atoms with Crippen LogP contribution in [0.15, 0.2) is 112 Å². The van der Waals surface area contributed by atoms with Crippen molar-refractivity contribution in [2.75, 3.05) is 25.1 Å². The zero-order valence-electron chi connectivity index (χ0n) is 27.1. The molecule has 0 heterocycles. The van der Waals surface area contributed by atoms with Gasteiger partial charge in [-0.1, -0.05) is 76.6 Å². The first kappa shape index (κ1) is 35.5. The van der Waals surface area contributed by atoms with Crippen molar-refractivity contribution in [1.82, 2.24) is 10.2 Å². The van der Waals surface area contributed by atoms with Gasteiger partial charge in [0, 0.05) is 29.0 Å². The maximum atomic E-state index is 14.7. The molecular formula is C36H40BrN3O6S. The molecule has 0 saturated heterocycles. The van der Waals surface area contributed by atoms with Crippen LogP contribution in [-0.2, 0) is 32.6 Å². The maximum Gasteiger partial charge on any atom is 0.264 e. The largest absolute Gasteiger partial charge is 0.497 e. The topological polar surface area (TPSA) is 105 Å². The Bertz CT molecular complexity index is 1780. The van der Waals surface area contributed by atoms with Crippen LogP contribution in [-0.4, -0.2) is 57.5 Å². The third kappa shape index (κ3) is 9.36. The molecule has 248 valence electrons. The lowest BCUT2D eigenvalue weighted by Gasteiger charge is -2.35. The van der Waals surface area contributed by atoms with Crippen molar-refractivity contribution < 1.29 is 27.5 Å². The molecule has 0 spiro atoms. The van der Waals surface area contributed by atoms with E-state index in [1.54, 1.807) is 30.3 Å². The summed E-state index contributed by atoms with van der Waals surface area (Å²) in [4.78, 5) is 30.2. The number of nitrogens with zero attached hydrogens (tertiary/aromatic N) is 2. The number of methoxy groups -OCH3 is 2.